The van der Waals surface area contributed by atoms with E-state index < -0.39 is 5.82 Å². The molecular weight excluding hydrogens is 370 g/mol. The van der Waals surface area contributed by atoms with Gasteiger partial charge in [-0.3, -0.25) is 4.79 Å². The van der Waals surface area contributed by atoms with Gasteiger partial charge in [0.15, 0.2) is 0 Å². The first-order valence-corrected chi connectivity index (χ1v) is 7.09. The molecule has 1 aliphatic rings. The molecule has 2 rings (SSSR count). The maximum Gasteiger partial charge on any atom is 0.255 e. The average molecular weight is 383 g/mol. The van der Waals surface area contributed by atoms with Crippen LogP contribution in [0.3, 0.4) is 0 Å². The van der Waals surface area contributed by atoms with Gasteiger partial charge in [-0.15, -0.1) is 0 Å². The van der Waals surface area contributed by atoms with Crippen LogP contribution in [0.5, 0.6) is 0 Å². The van der Waals surface area contributed by atoms with Gasteiger partial charge < -0.3 is 10.2 Å². The highest BCUT2D eigenvalue weighted by molar-refractivity contribution is 14.1. The van der Waals surface area contributed by atoms with Gasteiger partial charge in [-0.25, -0.2) is 4.39 Å². The first-order chi connectivity index (χ1) is 8.52. The van der Waals surface area contributed by atoms with Crippen LogP contribution in [0.25, 0.3) is 0 Å². The van der Waals surface area contributed by atoms with Crippen LogP contribution >= 0.6 is 34.2 Å². The zero-order valence-corrected chi connectivity index (χ0v) is 12.8. The topological polar surface area (TPSA) is 32.3 Å². The summed E-state index contributed by atoms with van der Waals surface area (Å²) in [6.07, 6.45) is 0.929. The van der Waals surface area contributed by atoms with E-state index in [1.807, 2.05) is 29.6 Å². The van der Waals surface area contributed by atoms with E-state index in [2.05, 4.69) is 5.32 Å². The lowest BCUT2D eigenvalue weighted by Gasteiger charge is -2.17. The van der Waals surface area contributed by atoms with Gasteiger partial charge in [0.05, 0.1) is 10.6 Å². The van der Waals surface area contributed by atoms with Crippen molar-refractivity contribution in [1.29, 1.82) is 0 Å². The maximum absolute atomic E-state index is 13.3. The minimum atomic E-state index is -0.397. The molecule has 0 aromatic heterocycles. The van der Waals surface area contributed by atoms with E-state index in [0.29, 0.717) is 28.3 Å². The Morgan fingerprint density at radius 3 is 2.94 bits per heavy atom. The van der Waals surface area contributed by atoms with Gasteiger partial charge >= 0.3 is 0 Å². The van der Waals surface area contributed by atoms with E-state index in [9.17, 15) is 9.18 Å². The number of benzene rings is 1. The van der Waals surface area contributed by atoms with Crippen LogP contribution in [-0.4, -0.2) is 37.0 Å². The fourth-order valence-corrected chi connectivity index (χ4v) is 2.74. The Kier molecular flexibility index (Phi) is 4.45. The van der Waals surface area contributed by atoms with Gasteiger partial charge in [0.2, 0.25) is 0 Å². The van der Waals surface area contributed by atoms with E-state index >= 15 is 0 Å². The summed E-state index contributed by atoms with van der Waals surface area (Å²) in [5.74, 6) is -0.526. The number of nitrogens with one attached hydrogen (secondary N) is 1. The molecule has 0 spiro atoms. The minimum absolute atomic E-state index is 0.129. The van der Waals surface area contributed by atoms with Gasteiger partial charge in [-0.2, -0.15) is 0 Å². The number of hydrogen-bond donors (Lipinski definition) is 1. The molecule has 1 atom stereocenters. The lowest BCUT2D eigenvalue weighted by molar-refractivity contribution is 0.0790. The van der Waals surface area contributed by atoms with Gasteiger partial charge in [0, 0.05) is 22.7 Å². The second kappa shape index (κ2) is 5.71. The molecule has 1 N–H and O–H groups in total. The minimum Gasteiger partial charge on any atom is -0.337 e. The highest BCUT2D eigenvalue weighted by Crippen LogP contribution is 2.24. The summed E-state index contributed by atoms with van der Waals surface area (Å²) < 4.78 is 13.7. The number of likely N-dealkylation sites (tertiary alicyclic amines) is 1. The summed E-state index contributed by atoms with van der Waals surface area (Å²) >= 11 is 7.80. The van der Waals surface area contributed by atoms with Gasteiger partial charge in [0.25, 0.3) is 5.91 Å². The predicted molar refractivity (Wildman–Crippen MR) is 77.5 cm³/mol. The monoisotopic (exact) mass is 382 g/mol. The highest BCUT2D eigenvalue weighted by Gasteiger charge is 2.27. The van der Waals surface area contributed by atoms with Crippen LogP contribution in [0.1, 0.15) is 16.8 Å². The quantitative estimate of drug-likeness (QED) is 0.630. The van der Waals surface area contributed by atoms with Crippen molar-refractivity contribution in [1.82, 2.24) is 10.2 Å². The number of carbonyl (C=O) groups is 1. The Morgan fingerprint density at radius 1 is 1.61 bits per heavy atom. The van der Waals surface area contributed by atoms with Crippen molar-refractivity contribution < 1.29 is 9.18 Å². The number of likely N-dealkylation sites (N-methyl/N-ethyl adjacent to an activating group) is 1. The number of nitrogens with zero attached hydrogens (tertiary/aromatic N) is 1. The Balaban J connectivity index is 2.22. The molecule has 1 heterocycles. The van der Waals surface area contributed by atoms with Crippen LogP contribution < -0.4 is 5.32 Å². The number of hydrogen-bond acceptors (Lipinski definition) is 2. The molecule has 6 heteroatoms. The van der Waals surface area contributed by atoms with E-state index in [1.54, 1.807) is 4.90 Å². The second-order valence-electron chi connectivity index (χ2n) is 4.27. The molecule has 0 unspecified atom stereocenters. The molecule has 1 fully saturated rings. The van der Waals surface area contributed by atoms with Crippen LogP contribution in [0.15, 0.2) is 12.1 Å². The normalized spacial score (nSPS) is 19.3. The molecule has 1 amide bonds. The van der Waals surface area contributed by atoms with Crippen LogP contribution in [0.2, 0.25) is 5.02 Å². The van der Waals surface area contributed by atoms with Crippen molar-refractivity contribution in [3.05, 3.63) is 32.1 Å². The Morgan fingerprint density at radius 2 is 2.33 bits per heavy atom. The van der Waals surface area contributed by atoms with E-state index in [4.69, 9.17) is 11.6 Å². The summed E-state index contributed by atoms with van der Waals surface area (Å²) in [5.41, 5.74) is 0.374. The summed E-state index contributed by atoms with van der Waals surface area (Å²) in [7, 11) is 1.88. The molecule has 0 bridgehead atoms. The lowest BCUT2D eigenvalue weighted by atomic mass is 10.2. The Hall–Kier alpha value is -0.400. The summed E-state index contributed by atoms with van der Waals surface area (Å²) in [5, 5.41) is 3.32. The third-order valence-corrected chi connectivity index (χ3v) is 4.26. The zero-order chi connectivity index (χ0) is 13.3. The molecule has 1 aliphatic heterocycles. The Labute approximate surface area is 124 Å². The molecule has 98 valence electrons. The SMILES string of the molecule is CN[C@@H]1CCN(C(=O)c2cc(I)c(F)cc2Cl)C1. The maximum atomic E-state index is 13.3. The van der Waals surface area contributed by atoms with Gasteiger partial charge in [-0.1, -0.05) is 11.6 Å². The van der Waals surface area contributed by atoms with Crippen molar-refractivity contribution in [2.75, 3.05) is 20.1 Å². The fraction of sp³-hybridized carbons (Fsp3) is 0.417. The molecule has 0 saturated carbocycles. The second-order valence-corrected chi connectivity index (χ2v) is 5.84. The Bertz CT molecular complexity index is 483. The molecule has 1 saturated heterocycles. The van der Waals surface area contributed by atoms with E-state index in [1.165, 1.54) is 12.1 Å². The molecule has 18 heavy (non-hydrogen) atoms. The molecule has 0 radical (unpaired) electrons. The summed E-state index contributed by atoms with van der Waals surface area (Å²) in [4.78, 5) is 14.0. The van der Waals surface area contributed by atoms with Crippen molar-refractivity contribution in [2.45, 2.75) is 12.5 Å². The highest BCUT2D eigenvalue weighted by atomic mass is 127. The van der Waals surface area contributed by atoms with Crippen molar-refractivity contribution >= 4 is 40.1 Å². The molecule has 1 aromatic rings. The fourth-order valence-electron chi connectivity index (χ4n) is 2.04. The van der Waals surface area contributed by atoms with Crippen molar-refractivity contribution in [3.8, 4) is 0 Å². The van der Waals surface area contributed by atoms with Crippen molar-refractivity contribution in [2.24, 2.45) is 0 Å². The number of carbonyl (C=O) groups excluding carboxylic acids is 1. The number of amides is 1. The average Bonchev–Trinajstić information content (AvgIpc) is 2.81. The first-order valence-electron chi connectivity index (χ1n) is 5.64. The van der Waals surface area contributed by atoms with Crippen LogP contribution in [0, 0.1) is 9.39 Å². The van der Waals surface area contributed by atoms with Gasteiger partial charge in [0.1, 0.15) is 5.82 Å². The van der Waals surface area contributed by atoms with Crippen LogP contribution in [0.4, 0.5) is 4.39 Å². The third kappa shape index (κ3) is 2.78. The molecule has 3 nitrogen and oxygen atoms in total. The molecule has 0 aliphatic carbocycles. The summed E-state index contributed by atoms with van der Waals surface area (Å²) in [6, 6.07) is 3.03. The third-order valence-electron chi connectivity index (χ3n) is 3.12. The predicted octanol–water partition coefficient (Wildman–Crippen LogP) is 2.52. The van der Waals surface area contributed by atoms with Gasteiger partial charge in [-0.05, 0) is 48.2 Å². The largest absolute Gasteiger partial charge is 0.337 e. The number of halogens is 3. The van der Waals surface area contributed by atoms with Crippen LogP contribution in [-0.2, 0) is 0 Å². The van der Waals surface area contributed by atoms with E-state index in [-0.39, 0.29) is 10.9 Å². The standard InChI is InChI=1S/C12H13ClFIN2O/c1-16-7-2-3-17(6-7)12(18)8-4-11(15)10(14)5-9(8)13/h4-5,7,16H,2-3,6H2,1H3/t7-/m1/s1. The van der Waals surface area contributed by atoms with E-state index in [0.717, 1.165) is 6.42 Å². The molecular formula is C12H13ClFIN2O. The lowest BCUT2D eigenvalue weighted by Crippen LogP contribution is -2.33. The summed E-state index contributed by atoms with van der Waals surface area (Å²) in [6.45, 7) is 1.37. The molecule has 1 aromatic carbocycles. The number of rotatable bonds is 2. The zero-order valence-electron chi connectivity index (χ0n) is 9.84. The smallest absolute Gasteiger partial charge is 0.255 e. The van der Waals surface area contributed by atoms with Crippen molar-refractivity contribution in [3.63, 3.8) is 0 Å². The first kappa shape index (κ1) is 14.0.